The summed E-state index contributed by atoms with van der Waals surface area (Å²) in [5.41, 5.74) is 0.814. The van der Waals surface area contributed by atoms with Crippen molar-refractivity contribution in [2.45, 2.75) is 13.0 Å². The van der Waals surface area contributed by atoms with E-state index in [0.29, 0.717) is 25.5 Å². The Morgan fingerprint density at radius 3 is 2.67 bits per heavy atom. The summed E-state index contributed by atoms with van der Waals surface area (Å²) in [5.74, 6) is 1.41. The van der Waals surface area contributed by atoms with Crippen LogP contribution in [0.15, 0.2) is 18.2 Å². The Balaban J connectivity index is 2.55. The molecule has 1 aromatic carbocycles. The SMILES string of the molecule is CCOCC(O)CNc1ccc(OC)cc1OC. The first-order valence-electron chi connectivity index (χ1n) is 5.93. The maximum atomic E-state index is 9.65. The van der Waals surface area contributed by atoms with Crippen molar-refractivity contribution in [2.24, 2.45) is 0 Å². The first-order chi connectivity index (χ1) is 8.71. The van der Waals surface area contributed by atoms with Gasteiger partial charge in [0.15, 0.2) is 0 Å². The van der Waals surface area contributed by atoms with Gasteiger partial charge in [0, 0.05) is 19.2 Å². The minimum atomic E-state index is -0.545. The maximum absolute atomic E-state index is 9.65. The molecule has 0 bridgehead atoms. The lowest BCUT2D eigenvalue weighted by atomic mass is 10.2. The van der Waals surface area contributed by atoms with Gasteiger partial charge in [0.2, 0.25) is 0 Å². The molecule has 1 unspecified atom stereocenters. The van der Waals surface area contributed by atoms with E-state index in [9.17, 15) is 5.11 Å². The molecule has 1 atom stereocenters. The van der Waals surface area contributed by atoms with Crippen LogP contribution in [0.5, 0.6) is 11.5 Å². The van der Waals surface area contributed by atoms with Crippen molar-refractivity contribution in [3.05, 3.63) is 18.2 Å². The first kappa shape index (κ1) is 14.6. The lowest BCUT2D eigenvalue weighted by Gasteiger charge is -2.15. The third-order valence-electron chi connectivity index (χ3n) is 2.45. The topological polar surface area (TPSA) is 60.0 Å². The van der Waals surface area contributed by atoms with E-state index in [1.807, 2.05) is 19.1 Å². The number of anilines is 1. The predicted octanol–water partition coefficient (Wildman–Crippen LogP) is 1.51. The number of nitrogens with one attached hydrogen (secondary N) is 1. The summed E-state index contributed by atoms with van der Waals surface area (Å²) < 4.78 is 15.5. The monoisotopic (exact) mass is 255 g/mol. The molecule has 1 rings (SSSR count). The number of hydrogen-bond acceptors (Lipinski definition) is 5. The highest BCUT2D eigenvalue weighted by atomic mass is 16.5. The summed E-state index contributed by atoms with van der Waals surface area (Å²) in [6, 6.07) is 5.47. The maximum Gasteiger partial charge on any atom is 0.145 e. The van der Waals surface area contributed by atoms with Crippen LogP contribution < -0.4 is 14.8 Å². The van der Waals surface area contributed by atoms with Crippen LogP contribution in [-0.4, -0.2) is 45.2 Å². The minimum absolute atomic E-state index is 0.321. The van der Waals surface area contributed by atoms with Crippen molar-refractivity contribution < 1.29 is 19.3 Å². The molecule has 5 nitrogen and oxygen atoms in total. The third kappa shape index (κ3) is 4.43. The van der Waals surface area contributed by atoms with E-state index in [1.165, 1.54) is 0 Å². The van der Waals surface area contributed by atoms with Gasteiger partial charge >= 0.3 is 0 Å². The Morgan fingerprint density at radius 2 is 2.06 bits per heavy atom. The van der Waals surface area contributed by atoms with E-state index in [1.54, 1.807) is 20.3 Å². The number of methoxy groups -OCH3 is 2. The van der Waals surface area contributed by atoms with Gasteiger partial charge in [0.1, 0.15) is 11.5 Å². The van der Waals surface area contributed by atoms with Crippen molar-refractivity contribution in [2.75, 3.05) is 39.3 Å². The van der Waals surface area contributed by atoms with Crippen molar-refractivity contribution in [3.8, 4) is 11.5 Å². The molecule has 0 aliphatic carbocycles. The van der Waals surface area contributed by atoms with Crippen LogP contribution in [0.25, 0.3) is 0 Å². The Morgan fingerprint density at radius 1 is 1.28 bits per heavy atom. The van der Waals surface area contributed by atoms with E-state index in [2.05, 4.69) is 5.32 Å². The average molecular weight is 255 g/mol. The highest BCUT2D eigenvalue weighted by Crippen LogP contribution is 2.28. The van der Waals surface area contributed by atoms with E-state index in [4.69, 9.17) is 14.2 Å². The minimum Gasteiger partial charge on any atom is -0.497 e. The van der Waals surface area contributed by atoms with Crippen LogP contribution in [0.1, 0.15) is 6.92 Å². The van der Waals surface area contributed by atoms with Crippen LogP contribution in [0.4, 0.5) is 5.69 Å². The van der Waals surface area contributed by atoms with Gasteiger partial charge in [-0.25, -0.2) is 0 Å². The van der Waals surface area contributed by atoms with E-state index in [-0.39, 0.29) is 0 Å². The van der Waals surface area contributed by atoms with Gasteiger partial charge in [-0.2, -0.15) is 0 Å². The fraction of sp³-hybridized carbons (Fsp3) is 0.538. The molecule has 0 aromatic heterocycles. The second kappa shape index (κ2) is 7.79. The number of aliphatic hydroxyl groups is 1. The number of hydrogen-bond donors (Lipinski definition) is 2. The quantitative estimate of drug-likeness (QED) is 0.737. The smallest absolute Gasteiger partial charge is 0.145 e. The van der Waals surface area contributed by atoms with Crippen molar-refractivity contribution in [1.29, 1.82) is 0 Å². The summed E-state index contributed by atoms with van der Waals surface area (Å²) in [4.78, 5) is 0. The predicted molar refractivity (Wildman–Crippen MR) is 70.5 cm³/mol. The van der Waals surface area contributed by atoms with Gasteiger partial charge in [-0.1, -0.05) is 0 Å². The molecule has 0 heterocycles. The summed E-state index contributed by atoms with van der Waals surface area (Å²) >= 11 is 0. The molecule has 0 aliphatic rings. The third-order valence-corrected chi connectivity index (χ3v) is 2.45. The molecule has 0 radical (unpaired) electrons. The molecule has 0 fully saturated rings. The van der Waals surface area contributed by atoms with Crippen molar-refractivity contribution >= 4 is 5.69 Å². The molecule has 2 N–H and O–H groups in total. The van der Waals surface area contributed by atoms with Gasteiger partial charge in [0.25, 0.3) is 0 Å². The Hall–Kier alpha value is -1.46. The molecule has 0 saturated heterocycles. The van der Waals surface area contributed by atoms with Crippen molar-refractivity contribution in [3.63, 3.8) is 0 Å². The number of aliphatic hydroxyl groups excluding tert-OH is 1. The second-order valence-corrected chi connectivity index (χ2v) is 3.76. The largest absolute Gasteiger partial charge is 0.497 e. The molecule has 0 spiro atoms. The molecule has 1 aromatic rings. The summed E-state index contributed by atoms with van der Waals surface area (Å²) in [5, 5.41) is 12.8. The summed E-state index contributed by atoms with van der Waals surface area (Å²) in [7, 11) is 3.20. The highest BCUT2D eigenvalue weighted by Gasteiger charge is 2.08. The van der Waals surface area contributed by atoms with E-state index in [0.717, 1.165) is 11.4 Å². The fourth-order valence-electron chi connectivity index (χ4n) is 1.49. The molecule has 5 heteroatoms. The first-order valence-corrected chi connectivity index (χ1v) is 5.93. The zero-order valence-corrected chi connectivity index (χ0v) is 11.1. The number of rotatable bonds is 8. The highest BCUT2D eigenvalue weighted by molar-refractivity contribution is 5.59. The molecule has 0 amide bonds. The Labute approximate surface area is 108 Å². The van der Waals surface area contributed by atoms with Crippen LogP contribution in [-0.2, 0) is 4.74 Å². The standard InChI is InChI=1S/C13H21NO4/c1-4-18-9-10(15)8-14-12-6-5-11(16-2)7-13(12)17-3/h5-7,10,14-15H,4,8-9H2,1-3H3. The number of benzene rings is 1. The van der Waals surface area contributed by atoms with Crippen molar-refractivity contribution in [1.82, 2.24) is 0 Å². The van der Waals surface area contributed by atoms with Gasteiger partial charge in [0.05, 0.1) is 32.6 Å². The molecule has 102 valence electrons. The molecular weight excluding hydrogens is 234 g/mol. The van der Waals surface area contributed by atoms with Crippen LogP contribution in [0.2, 0.25) is 0 Å². The molecule has 0 aliphatic heterocycles. The summed E-state index contributed by atoms with van der Waals surface area (Å²) in [6.45, 7) is 3.22. The van der Waals surface area contributed by atoms with E-state index >= 15 is 0 Å². The lowest BCUT2D eigenvalue weighted by molar-refractivity contribution is 0.0495. The van der Waals surface area contributed by atoms with Gasteiger partial charge < -0.3 is 24.6 Å². The van der Waals surface area contributed by atoms with E-state index < -0.39 is 6.10 Å². The lowest BCUT2D eigenvalue weighted by Crippen LogP contribution is -2.25. The number of ether oxygens (including phenoxy) is 3. The van der Waals surface area contributed by atoms with Gasteiger partial charge in [-0.3, -0.25) is 0 Å². The molecule has 18 heavy (non-hydrogen) atoms. The second-order valence-electron chi connectivity index (χ2n) is 3.76. The Kier molecular flexibility index (Phi) is 6.32. The zero-order chi connectivity index (χ0) is 13.4. The van der Waals surface area contributed by atoms with Gasteiger partial charge in [-0.15, -0.1) is 0 Å². The molecule has 0 saturated carbocycles. The Bertz CT molecular complexity index is 357. The fourth-order valence-corrected chi connectivity index (χ4v) is 1.49. The average Bonchev–Trinajstić information content (AvgIpc) is 2.42. The summed E-state index contributed by atoms with van der Waals surface area (Å²) in [6.07, 6.45) is -0.545. The van der Waals surface area contributed by atoms with Crippen LogP contribution in [0.3, 0.4) is 0 Å². The van der Waals surface area contributed by atoms with Crippen LogP contribution >= 0.6 is 0 Å². The zero-order valence-electron chi connectivity index (χ0n) is 11.1. The van der Waals surface area contributed by atoms with Gasteiger partial charge in [-0.05, 0) is 19.1 Å². The molecular formula is C13H21NO4. The normalized spacial score (nSPS) is 12.0. The van der Waals surface area contributed by atoms with Crippen LogP contribution in [0, 0.1) is 0 Å².